The molecule has 3 heteroatoms. The summed E-state index contributed by atoms with van der Waals surface area (Å²) in [6, 6.07) is 45.9. The molecule has 0 saturated heterocycles. The average molecular weight is 784 g/mol. The summed E-state index contributed by atoms with van der Waals surface area (Å²) in [5.74, 6) is 0.716. The molecule has 1 aromatic heterocycles. The molecule has 0 aliphatic carbocycles. The van der Waals surface area contributed by atoms with Crippen molar-refractivity contribution in [2.24, 2.45) is 4.99 Å². The Morgan fingerprint density at radius 2 is 1.15 bits per heavy atom. The lowest BCUT2D eigenvalue weighted by Crippen LogP contribution is -2.03. The summed E-state index contributed by atoms with van der Waals surface area (Å²) in [7, 11) is 0. The maximum Gasteiger partial charge on any atom is 0.160 e. The molecule has 0 amide bonds. The van der Waals surface area contributed by atoms with Gasteiger partial charge in [0.1, 0.15) is 0 Å². The van der Waals surface area contributed by atoms with E-state index in [1.165, 1.54) is 27.8 Å². The normalized spacial score (nSPS) is 11.6. The number of hydrogen-bond acceptors (Lipinski definition) is 3. The van der Waals surface area contributed by atoms with E-state index >= 15 is 0 Å². The molecule has 0 fully saturated rings. The van der Waals surface area contributed by atoms with Crippen LogP contribution in [0, 0.1) is 6.92 Å². The van der Waals surface area contributed by atoms with E-state index in [1.807, 2.05) is 51.1 Å². The molecule has 6 aromatic rings. The van der Waals surface area contributed by atoms with Crippen LogP contribution in [-0.4, -0.2) is 15.7 Å². The van der Waals surface area contributed by atoms with E-state index in [0.29, 0.717) is 5.82 Å². The highest BCUT2D eigenvalue weighted by Crippen LogP contribution is 2.32. The minimum Gasteiger partial charge on any atom is -0.253 e. The Hall–Kier alpha value is -6.97. The topological polar surface area (TPSA) is 38.1 Å². The van der Waals surface area contributed by atoms with Crippen LogP contribution in [-0.2, 0) is 0 Å². The van der Waals surface area contributed by atoms with Crippen LogP contribution in [0.4, 0.5) is 0 Å². The summed E-state index contributed by atoms with van der Waals surface area (Å²) in [6.45, 7) is 26.6. The first-order chi connectivity index (χ1) is 29.0. The summed E-state index contributed by atoms with van der Waals surface area (Å²) in [5.41, 5.74) is 18.2. The zero-order valence-electron chi connectivity index (χ0n) is 36.3. The molecular weight excluding hydrogens is 727 g/mol. The molecule has 0 saturated carbocycles. The first-order valence-electron chi connectivity index (χ1n) is 20.6. The molecule has 0 spiro atoms. The molecule has 0 atom stereocenters. The summed E-state index contributed by atoms with van der Waals surface area (Å²) in [4.78, 5) is 14.7. The van der Waals surface area contributed by atoms with Crippen molar-refractivity contribution in [1.82, 2.24) is 9.97 Å². The third kappa shape index (κ3) is 11.6. The summed E-state index contributed by atoms with van der Waals surface area (Å²) >= 11 is 0. The van der Waals surface area contributed by atoms with Crippen LogP contribution in [0.1, 0.15) is 81.5 Å². The van der Waals surface area contributed by atoms with E-state index in [2.05, 4.69) is 181 Å². The van der Waals surface area contributed by atoms with Gasteiger partial charge in [0.25, 0.3) is 0 Å². The number of allylic oxidation sites excluding steroid dienone is 10. The van der Waals surface area contributed by atoms with Crippen LogP contribution in [0.2, 0.25) is 0 Å². The Morgan fingerprint density at radius 3 is 1.70 bits per heavy atom. The second-order valence-corrected chi connectivity index (χ2v) is 14.8. The standard InChI is InChI=1S/C29H29N.C28H28N2/c1-5-10-26(11-6-2)28-18-14-24(15-19-28)22(3)30-23(4)25-16-20-29(21-17-25)27-12-8-7-9-13-27;1-7-8-14-25(20(4)5)27-21(6)26(23-12-10-9-11-13-23)29-28(30-27)24-17-15-22(16-18-24)19(2)3/h5,7-21H,4,6H2,1-3H3;7-18H,1-2H2,3-6H3/b10-5-,26-11+,30-22?;14-8-. The van der Waals surface area contributed by atoms with Crippen molar-refractivity contribution in [2.45, 2.75) is 54.9 Å². The van der Waals surface area contributed by atoms with E-state index in [1.54, 1.807) is 6.08 Å². The average Bonchev–Trinajstić information content (AvgIpc) is 3.27. The highest BCUT2D eigenvalue weighted by Gasteiger charge is 2.17. The van der Waals surface area contributed by atoms with Crippen molar-refractivity contribution in [3.8, 4) is 33.8 Å². The first-order valence-corrected chi connectivity index (χ1v) is 20.6. The third-order valence-electron chi connectivity index (χ3n) is 10.1. The van der Waals surface area contributed by atoms with Crippen molar-refractivity contribution in [2.75, 3.05) is 0 Å². The van der Waals surface area contributed by atoms with E-state index in [0.717, 1.165) is 73.7 Å². The third-order valence-corrected chi connectivity index (χ3v) is 10.1. The van der Waals surface area contributed by atoms with Crippen molar-refractivity contribution < 1.29 is 0 Å². The van der Waals surface area contributed by atoms with Crippen LogP contribution in [0.15, 0.2) is 200 Å². The number of aromatic nitrogens is 2. The molecule has 0 bridgehead atoms. The van der Waals surface area contributed by atoms with Gasteiger partial charge in [-0.3, -0.25) is 4.99 Å². The quantitative estimate of drug-likeness (QED) is 0.0864. The number of rotatable bonds is 13. The Bertz CT molecular complexity index is 2560. The van der Waals surface area contributed by atoms with Crippen LogP contribution in [0.3, 0.4) is 0 Å². The highest BCUT2D eigenvalue weighted by atomic mass is 14.9. The van der Waals surface area contributed by atoms with Crippen molar-refractivity contribution in [3.05, 3.63) is 229 Å². The van der Waals surface area contributed by atoms with Gasteiger partial charge in [0, 0.05) is 22.4 Å². The van der Waals surface area contributed by atoms with Crippen molar-refractivity contribution >= 4 is 28.1 Å². The van der Waals surface area contributed by atoms with E-state index < -0.39 is 0 Å². The summed E-state index contributed by atoms with van der Waals surface area (Å²) in [6.07, 6.45) is 13.3. The molecule has 60 heavy (non-hydrogen) atoms. The van der Waals surface area contributed by atoms with Gasteiger partial charge in [-0.25, -0.2) is 9.97 Å². The van der Waals surface area contributed by atoms with Crippen LogP contribution in [0.25, 0.3) is 56.2 Å². The summed E-state index contributed by atoms with van der Waals surface area (Å²) in [5, 5.41) is 0. The Labute approximate surface area is 359 Å². The van der Waals surface area contributed by atoms with Gasteiger partial charge in [-0.15, -0.1) is 0 Å². The van der Waals surface area contributed by atoms with Gasteiger partial charge in [0.05, 0.1) is 17.1 Å². The number of aliphatic imine (C=N–C) groups is 1. The van der Waals surface area contributed by atoms with Gasteiger partial charge < -0.3 is 0 Å². The fourth-order valence-electron chi connectivity index (χ4n) is 6.74. The smallest absolute Gasteiger partial charge is 0.160 e. The lowest BCUT2D eigenvalue weighted by Gasteiger charge is -2.15. The minimum absolute atomic E-state index is 0.716. The van der Waals surface area contributed by atoms with Crippen LogP contribution >= 0.6 is 0 Å². The fraction of sp³-hybridized carbons (Fsp3) is 0.140. The predicted molar refractivity (Wildman–Crippen MR) is 263 cm³/mol. The number of nitrogens with zero attached hydrogens (tertiary/aromatic N) is 3. The van der Waals surface area contributed by atoms with Gasteiger partial charge >= 0.3 is 0 Å². The zero-order chi connectivity index (χ0) is 43.0. The molecule has 300 valence electrons. The van der Waals surface area contributed by atoms with Crippen LogP contribution in [0.5, 0.6) is 0 Å². The first kappa shape index (κ1) is 44.1. The predicted octanol–water partition coefficient (Wildman–Crippen LogP) is 15.9. The van der Waals surface area contributed by atoms with Gasteiger partial charge in [0.15, 0.2) is 5.82 Å². The lowest BCUT2D eigenvalue weighted by atomic mass is 9.97. The minimum atomic E-state index is 0.716. The zero-order valence-corrected chi connectivity index (χ0v) is 36.3. The Morgan fingerprint density at radius 1 is 0.617 bits per heavy atom. The molecule has 0 N–H and O–H groups in total. The molecule has 6 rings (SSSR count). The molecule has 0 unspecified atom stereocenters. The van der Waals surface area contributed by atoms with Crippen LogP contribution < -0.4 is 0 Å². The molecular formula is C57H57N3. The number of benzene rings is 5. The second kappa shape index (κ2) is 21.7. The van der Waals surface area contributed by atoms with Gasteiger partial charge in [-0.05, 0) is 92.5 Å². The molecule has 0 aliphatic rings. The van der Waals surface area contributed by atoms with Gasteiger partial charge in [0.2, 0.25) is 0 Å². The van der Waals surface area contributed by atoms with Crippen molar-refractivity contribution in [3.63, 3.8) is 0 Å². The number of hydrogen-bond donors (Lipinski definition) is 0. The maximum absolute atomic E-state index is 5.00. The largest absolute Gasteiger partial charge is 0.253 e. The monoisotopic (exact) mass is 783 g/mol. The van der Waals surface area contributed by atoms with E-state index in [-0.39, 0.29) is 0 Å². The lowest BCUT2D eigenvalue weighted by molar-refractivity contribution is 1.11. The Kier molecular flexibility index (Phi) is 16.0. The molecule has 3 nitrogen and oxygen atoms in total. The van der Waals surface area contributed by atoms with Crippen molar-refractivity contribution in [1.29, 1.82) is 0 Å². The van der Waals surface area contributed by atoms with E-state index in [4.69, 9.17) is 15.0 Å². The highest BCUT2D eigenvalue weighted by molar-refractivity contribution is 6.02. The van der Waals surface area contributed by atoms with Gasteiger partial charge in [-0.2, -0.15) is 0 Å². The maximum atomic E-state index is 5.00. The summed E-state index contributed by atoms with van der Waals surface area (Å²) < 4.78 is 0. The molecule has 0 radical (unpaired) electrons. The second-order valence-electron chi connectivity index (χ2n) is 14.8. The van der Waals surface area contributed by atoms with E-state index in [9.17, 15) is 0 Å². The Balaban J connectivity index is 0.000000228. The molecule has 1 heterocycles. The van der Waals surface area contributed by atoms with Gasteiger partial charge in [-0.1, -0.05) is 208 Å². The molecule has 0 aliphatic heterocycles. The molecule has 5 aromatic carbocycles. The SMILES string of the molecule is C=C(N=C(C)c1ccc(C(/C=C\C)=C/CC)cc1)c1ccc(-c2ccccc2)cc1.C=C/C=C\C(=C(C)C)c1nc(-c2ccc(C(=C)C)cc2)nc(-c2ccccc2)c1C. The fourth-order valence-corrected chi connectivity index (χ4v) is 6.74.